The summed E-state index contributed by atoms with van der Waals surface area (Å²) < 4.78 is 0. The molecule has 2 N–H and O–H groups in total. The Balaban J connectivity index is 1.44. The molecule has 2 aliphatic heterocycles. The van der Waals surface area contributed by atoms with E-state index in [9.17, 15) is 24.6 Å². The maximum atomic E-state index is 12.8. The van der Waals surface area contributed by atoms with Gasteiger partial charge in [0.25, 0.3) is 5.91 Å². The fraction of sp³-hybridized carbons (Fsp3) is 0.571. The molecule has 4 rings (SSSR count). The van der Waals surface area contributed by atoms with Crippen LogP contribution in [0.1, 0.15) is 48.0 Å². The molecule has 28 heavy (non-hydrogen) atoms. The molecule has 2 amide bonds. The molecule has 1 atom stereocenters. The number of carbonyl (C=O) groups excluding carboxylic acids is 2. The van der Waals surface area contributed by atoms with Gasteiger partial charge in [-0.1, -0.05) is 6.07 Å². The van der Waals surface area contributed by atoms with E-state index in [1.807, 2.05) is 0 Å². The summed E-state index contributed by atoms with van der Waals surface area (Å²) in [5.74, 6) is -0.956. The van der Waals surface area contributed by atoms with Crippen LogP contribution in [-0.4, -0.2) is 63.5 Å². The Hall–Kier alpha value is -2.57. The van der Waals surface area contributed by atoms with Gasteiger partial charge < -0.3 is 20.0 Å². The Kier molecular flexibility index (Phi) is 4.56. The number of carboxylic acids is 1. The summed E-state index contributed by atoms with van der Waals surface area (Å²) in [6, 6.07) is 4.19. The zero-order valence-electron chi connectivity index (χ0n) is 16.1. The number of aliphatic carboxylic acids is 1. The number of nitrogens with zero attached hydrogens (tertiary/aromatic N) is 2. The maximum Gasteiger partial charge on any atom is 0.326 e. The van der Waals surface area contributed by atoms with Crippen LogP contribution in [0.4, 0.5) is 0 Å². The SMILES string of the molecule is Cc1ccc(C(=O)N2CCC3(CC2)CC(C(=O)O)N(C(=O)C2CC2)C3)cc1O. The van der Waals surface area contributed by atoms with Crippen molar-refractivity contribution in [1.82, 2.24) is 9.80 Å². The lowest BCUT2D eigenvalue weighted by atomic mass is 9.76. The highest BCUT2D eigenvalue weighted by Crippen LogP contribution is 2.45. The van der Waals surface area contributed by atoms with Crippen molar-refractivity contribution in [2.24, 2.45) is 11.3 Å². The average molecular weight is 386 g/mol. The quantitative estimate of drug-likeness (QED) is 0.828. The summed E-state index contributed by atoms with van der Waals surface area (Å²) in [6.07, 6.45) is 3.57. The lowest BCUT2D eigenvalue weighted by Gasteiger charge is -2.39. The van der Waals surface area contributed by atoms with Gasteiger partial charge in [-0.05, 0) is 62.1 Å². The van der Waals surface area contributed by atoms with Crippen molar-refractivity contribution in [2.45, 2.75) is 45.1 Å². The smallest absolute Gasteiger partial charge is 0.326 e. The third-order valence-electron chi connectivity index (χ3n) is 6.57. The number of carboxylic acid groups (broad SMARTS) is 1. The van der Waals surface area contributed by atoms with Crippen LogP contribution < -0.4 is 0 Å². The number of aromatic hydroxyl groups is 1. The number of carbonyl (C=O) groups is 3. The number of phenols is 1. The first kappa shape index (κ1) is 18.8. The molecular formula is C21H26N2O5. The lowest BCUT2D eigenvalue weighted by Crippen LogP contribution is -2.45. The van der Waals surface area contributed by atoms with Crippen LogP contribution in [0.3, 0.4) is 0 Å². The van der Waals surface area contributed by atoms with Gasteiger partial charge in [0.05, 0.1) is 0 Å². The van der Waals surface area contributed by atoms with Crippen molar-refractivity contribution in [1.29, 1.82) is 0 Å². The van der Waals surface area contributed by atoms with E-state index >= 15 is 0 Å². The van der Waals surface area contributed by atoms with Gasteiger partial charge in [0.15, 0.2) is 0 Å². The monoisotopic (exact) mass is 386 g/mol. The Morgan fingerprint density at radius 3 is 2.39 bits per heavy atom. The van der Waals surface area contributed by atoms with E-state index in [2.05, 4.69) is 0 Å². The van der Waals surface area contributed by atoms with Gasteiger partial charge >= 0.3 is 5.97 Å². The molecule has 0 radical (unpaired) electrons. The molecule has 0 bridgehead atoms. The molecule has 1 aliphatic carbocycles. The molecule has 7 nitrogen and oxygen atoms in total. The fourth-order valence-electron chi connectivity index (χ4n) is 4.54. The fourth-order valence-corrected chi connectivity index (χ4v) is 4.54. The van der Waals surface area contributed by atoms with Gasteiger partial charge in [-0.3, -0.25) is 9.59 Å². The first-order valence-electron chi connectivity index (χ1n) is 9.92. The van der Waals surface area contributed by atoms with Crippen LogP contribution in [0.25, 0.3) is 0 Å². The Bertz CT molecular complexity index is 824. The van der Waals surface area contributed by atoms with Crippen molar-refractivity contribution >= 4 is 17.8 Å². The molecule has 7 heteroatoms. The number of rotatable bonds is 3. The molecule has 2 heterocycles. The summed E-state index contributed by atoms with van der Waals surface area (Å²) in [4.78, 5) is 40.4. The number of benzene rings is 1. The highest BCUT2D eigenvalue weighted by atomic mass is 16.4. The van der Waals surface area contributed by atoms with Gasteiger partial charge in [0, 0.05) is 31.1 Å². The first-order chi connectivity index (χ1) is 13.3. The largest absolute Gasteiger partial charge is 0.508 e. The minimum absolute atomic E-state index is 0.00730. The number of aryl methyl sites for hydroxylation is 1. The summed E-state index contributed by atoms with van der Waals surface area (Å²) in [5.41, 5.74) is 0.958. The third kappa shape index (κ3) is 3.34. The predicted molar refractivity (Wildman–Crippen MR) is 101 cm³/mol. The summed E-state index contributed by atoms with van der Waals surface area (Å²) in [7, 11) is 0. The number of piperidine rings is 1. The van der Waals surface area contributed by atoms with Crippen LogP contribution in [0.2, 0.25) is 0 Å². The zero-order valence-corrected chi connectivity index (χ0v) is 16.1. The van der Waals surface area contributed by atoms with Crippen LogP contribution in [0.5, 0.6) is 5.75 Å². The first-order valence-corrected chi connectivity index (χ1v) is 9.92. The number of likely N-dealkylation sites (tertiary alicyclic amines) is 2. The van der Waals surface area contributed by atoms with Gasteiger partial charge in [0.2, 0.25) is 5.91 Å². The molecule has 1 aromatic carbocycles. The zero-order chi connectivity index (χ0) is 20.1. The van der Waals surface area contributed by atoms with Crippen molar-refractivity contribution in [3.05, 3.63) is 29.3 Å². The molecule has 2 saturated heterocycles. The molecule has 3 aliphatic rings. The van der Waals surface area contributed by atoms with Crippen molar-refractivity contribution < 1.29 is 24.6 Å². The molecule has 1 aromatic rings. The second kappa shape index (κ2) is 6.79. The van der Waals surface area contributed by atoms with Crippen LogP contribution in [0.15, 0.2) is 18.2 Å². The lowest BCUT2D eigenvalue weighted by molar-refractivity contribution is -0.148. The molecule has 3 fully saturated rings. The predicted octanol–water partition coefficient (Wildman–Crippen LogP) is 2.02. The summed E-state index contributed by atoms with van der Waals surface area (Å²) in [6.45, 7) is 3.32. The Morgan fingerprint density at radius 1 is 1.14 bits per heavy atom. The Labute approximate surface area is 163 Å². The molecule has 1 spiro atoms. The maximum absolute atomic E-state index is 12.8. The minimum Gasteiger partial charge on any atom is -0.508 e. The third-order valence-corrected chi connectivity index (χ3v) is 6.57. The van der Waals surface area contributed by atoms with Crippen LogP contribution in [0, 0.1) is 18.3 Å². The molecule has 1 unspecified atom stereocenters. The highest BCUT2D eigenvalue weighted by Gasteiger charge is 2.52. The molecule has 1 saturated carbocycles. The van der Waals surface area contributed by atoms with Gasteiger partial charge in [0.1, 0.15) is 11.8 Å². The average Bonchev–Trinajstić information content (AvgIpc) is 3.46. The number of amides is 2. The van der Waals surface area contributed by atoms with E-state index < -0.39 is 12.0 Å². The Morgan fingerprint density at radius 2 is 1.82 bits per heavy atom. The van der Waals surface area contributed by atoms with Crippen molar-refractivity contribution in [2.75, 3.05) is 19.6 Å². The standard InChI is InChI=1S/C21H26N2O5/c1-13-2-3-15(10-17(13)24)18(25)22-8-6-21(7-9-22)11-16(20(27)28)23(12-21)19(26)14-4-5-14/h2-3,10,14,16,24H,4-9,11-12H2,1H3,(H,27,28). The van der Waals surface area contributed by atoms with Gasteiger partial charge in [-0.25, -0.2) is 4.79 Å². The molecule has 150 valence electrons. The topological polar surface area (TPSA) is 98.2 Å². The number of phenolic OH excluding ortho intramolecular Hbond substituents is 1. The van der Waals surface area contributed by atoms with Crippen LogP contribution >= 0.6 is 0 Å². The van der Waals surface area contributed by atoms with Crippen LogP contribution in [-0.2, 0) is 9.59 Å². The van der Waals surface area contributed by atoms with E-state index in [0.717, 1.165) is 18.4 Å². The number of hydrogen-bond donors (Lipinski definition) is 2. The van der Waals surface area contributed by atoms with E-state index in [4.69, 9.17) is 0 Å². The number of hydrogen-bond acceptors (Lipinski definition) is 4. The normalized spacial score (nSPS) is 23.8. The van der Waals surface area contributed by atoms with Crippen molar-refractivity contribution in [3.63, 3.8) is 0 Å². The second-order valence-electron chi connectivity index (χ2n) is 8.59. The minimum atomic E-state index is -0.931. The van der Waals surface area contributed by atoms with E-state index in [0.29, 0.717) is 44.5 Å². The van der Waals surface area contributed by atoms with E-state index in [-0.39, 0.29) is 28.9 Å². The van der Waals surface area contributed by atoms with Gasteiger partial charge in [-0.2, -0.15) is 0 Å². The molecular weight excluding hydrogens is 360 g/mol. The van der Waals surface area contributed by atoms with E-state index in [1.165, 1.54) is 6.07 Å². The summed E-state index contributed by atoms with van der Waals surface area (Å²) >= 11 is 0. The van der Waals surface area contributed by atoms with Crippen molar-refractivity contribution in [3.8, 4) is 5.75 Å². The highest BCUT2D eigenvalue weighted by molar-refractivity contribution is 5.95. The van der Waals surface area contributed by atoms with E-state index in [1.54, 1.807) is 28.9 Å². The van der Waals surface area contributed by atoms with Gasteiger partial charge in [-0.15, -0.1) is 0 Å². The molecule has 0 aromatic heterocycles. The summed E-state index contributed by atoms with van der Waals surface area (Å²) in [5, 5.41) is 19.5. The second-order valence-corrected chi connectivity index (χ2v) is 8.59.